The Hall–Kier alpha value is -1.16. The van der Waals surface area contributed by atoms with Crippen molar-refractivity contribution in [2.24, 2.45) is 0 Å². The van der Waals surface area contributed by atoms with Gasteiger partial charge in [-0.1, -0.05) is 0 Å². The molecule has 1 fully saturated rings. The zero-order valence-corrected chi connectivity index (χ0v) is 8.03. The topological polar surface area (TPSA) is 37.6 Å². The summed E-state index contributed by atoms with van der Waals surface area (Å²) in [5, 5.41) is 3.30. The number of nitrogens with zero attached hydrogens (tertiary/aromatic N) is 1. The Morgan fingerprint density at radius 3 is 3.50 bits per heavy atom. The molecule has 1 atom stereocenters. The van der Waals surface area contributed by atoms with E-state index < -0.39 is 0 Å². The molecule has 76 valence electrons. The highest BCUT2D eigenvalue weighted by Crippen LogP contribution is 2.32. The van der Waals surface area contributed by atoms with Crippen molar-refractivity contribution in [3.05, 3.63) is 12.3 Å². The highest BCUT2D eigenvalue weighted by molar-refractivity contribution is 5.66. The van der Waals surface area contributed by atoms with Gasteiger partial charge >= 0.3 is 0 Å². The van der Waals surface area contributed by atoms with Crippen LogP contribution in [0.25, 0.3) is 0 Å². The van der Waals surface area contributed by atoms with Crippen LogP contribution in [0.3, 0.4) is 0 Å². The summed E-state index contributed by atoms with van der Waals surface area (Å²) >= 11 is 0. The molecule has 2 aliphatic heterocycles. The smallest absolute Gasteiger partial charge is 0.216 e. The largest absolute Gasteiger partial charge is 0.447 e. The van der Waals surface area contributed by atoms with Crippen LogP contribution in [0.1, 0.15) is 6.42 Å². The summed E-state index contributed by atoms with van der Waals surface area (Å²) in [6, 6.07) is 2.54. The molecular weight excluding hydrogens is 180 g/mol. The predicted octanol–water partition coefficient (Wildman–Crippen LogP) is 1.30. The molecule has 1 N–H and O–H groups in total. The number of furan rings is 1. The number of rotatable bonds is 0. The van der Waals surface area contributed by atoms with Crippen LogP contribution in [0.2, 0.25) is 0 Å². The van der Waals surface area contributed by atoms with E-state index in [0.29, 0.717) is 6.04 Å². The van der Waals surface area contributed by atoms with Crippen LogP contribution in [0.4, 0.5) is 11.6 Å². The summed E-state index contributed by atoms with van der Waals surface area (Å²) in [7, 11) is 0. The molecule has 3 heterocycles. The van der Waals surface area contributed by atoms with Gasteiger partial charge in [0.25, 0.3) is 0 Å². The summed E-state index contributed by atoms with van der Waals surface area (Å²) in [6.07, 6.45) is 2.86. The Morgan fingerprint density at radius 2 is 2.50 bits per heavy atom. The summed E-state index contributed by atoms with van der Waals surface area (Å²) in [6.45, 7) is 3.59. The molecule has 4 heteroatoms. The molecule has 0 aliphatic carbocycles. The third kappa shape index (κ3) is 1.18. The monoisotopic (exact) mass is 194 g/mol. The first kappa shape index (κ1) is 8.17. The van der Waals surface area contributed by atoms with E-state index in [1.165, 1.54) is 5.69 Å². The first-order chi connectivity index (χ1) is 6.95. The Kier molecular flexibility index (Phi) is 1.87. The molecule has 1 saturated heterocycles. The highest BCUT2D eigenvalue weighted by atomic mass is 16.5. The third-order valence-corrected chi connectivity index (χ3v) is 2.94. The number of ether oxygens (including phenoxy) is 1. The van der Waals surface area contributed by atoms with Crippen molar-refractivity contribution >= 4 is 11.6 Å². The maximum atomic E-state index is 5.49. The van der Waals surface area contributed by atoms with Crippen LogP contribution in [0, 0.1) is 0 Å². The number of anilines is 2. The van der Waals surface area contributed by atoms with Crippen molar-refractivity contribution in [2.45, 2.75) is 12.5 Å². The van der Waals surface area contributed by atoms with Crippen molar-refractivity contribution < 1.29 is 9.15 Å². The van der Waals surface area contributed by atoms with E-state index in [9.17, 15) is 0 Å². The minimum Gasteiger partial charge on any atom is -0.447 e. The molecular formula is C10H14N2O2. The van der Waals surface area contributed by atoms with Gasteiger partial charge in [-0.05, 0) is 6.42 Å². The van der Waals surface area contributed by atoms with E-state index >= 15 is 0 Å². The van der Waals surface area contributed by atoms with E-state index in [1.807, 2.05) is 6.07 Å². The average molecular weight is 194 g/mol. The summed E-state index contributed by atoms with van der Waals surface area (Å²) < 4.78 is 10.9. The van der Waals surface area contributed by atoms with Crippen LogP contribution >= 0.6 is 0 Å². The Morgan fingerprint density at radius 1 is 1.50 bits per heavy atom. The maximum Gasteiger partial charge on any atom is 0.216 e. The van der Waals surface area contributed by atoms with Crippen LogP contribution < -0.4 is 10.2 Å². The molecule has 0 bridgehead atoms. The highest BCUT2D eigenvalue weighted by Gasteiger charge is 2.28. The van der Waals surface area contributed by atoms with Gasteiger partial charge in [-0.3, -0.25) is 0 Å². The molecule has 0 aromatic carbocycles. The van der Waals surface area contributed by atoms with E-state index in [1.54, 1.807) is 6.26 Å². The summed E-state index contributed by atoms with van der Waals surface area (Å²) in [5.74, 6) is 0.911. The van der Waals surface area contributed by atoms with Crippen LogP contribution in [-0.2, 0) is 4.74 Å². The zero-order valence-electron chi connectivity index (χ0n) is 8.03. The second-order valence-corrected chi connectivity index (χ2v) is 3.77. The van der Waals surface area contributed by atoms with Gasteiger partial charge in [0.05, 0.1) is 25.5 Å². The SMILES string of the molecule is c1cc2c(o1)NCCC1COCCN21. The van der Waals surface area contributed by atoms with Gasteiger partial charge in [-0.2, -0.15) is 0 Å². The Balaban J connectivity index is 1.96. The van der Waals surface area contributed by atoms with Crippen molar-refractivity contribution in [3.63, 3.8) is 0 Å². The molecule has 1 aromatic heterocycles. The molecule has 14 heavy (non-hydrogen) atoms. The standard InChI is InChI=1S/C10H14N2O2/c1-3-11-10-9(2-5-14-10)12-4-6-13-7-8(1)12/h2,5,8,11H,1,3-4,6-7H2. The van der Waals surface area contributed by atoms with E-state index in [0.717, 1.165) is 38.6 Å². The minimum atomic E-state index is 0.509. The average Bonchev–Trinajstić information content (AvgIpc) is 2.61. The van der Waals surface area contributed by atoms with Crippen LogP contribution in [0.5, 0.6) is 0 Å². The molecule has 0 spiro atoms. The second-order valence-electron chi connectivity index (χ2n) is 3.77. The van der Waals surface area contributed by atoms with Gasteiger partial charge in [0.15, 0.2) is 0 Å². The quantitative estimate of drug-likeness (QED) is 0.675. The van der Waals surface area contributed by atoms with Crippen molar-refractivity contribution in [3.8, 4) is 0 Å². The number of morpholine rings is 1. The second kappa shape index (κ2) is 3.20. The lowest BCUT2D eigenvalue weighted by Gasteiger charge is -2.35. The van der Waals surface area contributed by atoms with Crippen molar-refractivity contribution in [2.75, 3.05) is 36.5 Å². The molecule has 0 amide bonds. The first-order valence-corrected chi connectivity index (χ1v) is 5.11. The number of nitrogens with one attached hydrogen (secondary N) is 1. The number of hydrogen-bond donors (Lipinski definition) is 1. The molecule has 2 aliphatic rings. The third-order valence-electron chi connectivity index (χ3n) is 2.94. The van der Waals surface area contributed by atoms with Gasteiger partial charge in [0.1, 0.15) is 5.69 Å². The lowest BCUT2D eigenvalue weighted by molar-refractivity contribution is 0.0931. The number of fused-ring (bicyclic) bond motifs is 3. The van der Waals surface area contributed by atoms with E-state index in [-0.39, 0.29) is 0 Å². The van der Waals surface area contributed by atoms with Gasteiger partial charge in [0.2, 0.25) is 5.88 Å². The zero-order chi connectivity index (χ0) is 9.38. The van der Waals surface area contributed by atoms with E-state index in [4.69, 9.17) is 9.15 Å². The lowest BCUT2D eigenvalue weighted by Crippen LogP contribution is -2.45. The molecule has 4 nitrogen and oxygen atoms in total. The minimum absolute atomic E-state index is 0.509. The summed E-state index contributed by atoms with van der Waals surface area (Å²) in [5.41, 5.74) is 1.19. The van der Waals surface area contributed by atoms with E-state index in [2.05, 4.69) is 10.2 Å². The van der Waals surface area contributed by atoms with Gasteiger partial charge in [-0.15, -0.1) is 0 Å². The molecule has 1 unspecified atom stereocenters. The van der Waals surface area contributed by atoms with Crippen LogP contribution in [-0.4, -0.2) is 32.3 Å². The normalized spacial score (nSPS) is 26.0. The molecule has 3 rings (SSSR count). The van der Waals surface area contributed by atoms with Gasteiger partial charge in [-0.25, -0.2) is 0 Å². The van der Waals surface area contributed by atoms with Crippen molar-refractivity contribution in [1.29, 1.82) is 0 Å². The lowest BCUT2D eigenvalue weighted by atomic mass is 10.1. The molecule has 1 aromatic rings. The van der Waals surface area contributed by atoms with Crippen LogP contribution in [0.15, 0.2) is 16.7 Å². The maximum absolute atomic E-state index is 5.49. The number of hydrogen-bond acceptors (Lipinski definition) is 4. The Bertz CT molecular complexity index is 324. The predicted molar refractivity (Wildman–Crippen MR) is 53.8 cm³/mol. The van der Waals surface area contributed by atoms with Gasteiger partial charge in [0, 0.05) is 19.2 Å². The summed E-state index contributed by atoms with van der Waals surface area (Å²) in [4.78, 5) is 2.39. The Labute approximate surface area is 82.8 Å². The molecule has 0 radical (unpaired) electrons. The fourth-order valence-corrected chi connectivity index (χ4v) is 2.22. The van der Waals surface area contributed by atoms with Gasteiger partial charge < -0.3 is 19.4 Å². The fourth-order valence-electron chi connectivity index (χ4n) is 2.22. The van der Waals surface area contributed by atoms with Crippen molar-refractivity contribution in [1.82, 2.24) is 0 Å². The fraction of sp³-hybridized carbons (Fsp3) is 0.600. The first-order valence-electron chi connectivity index (χ1n) is 5.11. The molecule has 0 saturated carbocycles.